The fraction of sp³-hybridized carbons (Fsp3) is 0.447. The second-order valence-corrected chi connectivity index (χ2v) is 16.9. The third-order valence-electron chi connectivity index (χ3n) is 12.6. The van der Waals surface area contributed by atoms with E-state index in [-0.39, 0.29) is 83.0 Å². The van der Waals surface area contributed by atoms with Gasteiger partial charge in [-0.2, -0.15) is 12.1 Å². The fourth-order valence-corrected chi connectivity index (χ4v) is 9.35. The summed E-state index contributed by atoms with van der Waals surface area (Å²) in [7, 11) is 1.89. The maximum absolute atomic E-state index is 15.3. The van der Waals surface area contributed by atoms with Crippen LogP contribution in [0.1, 0.15) is 44.9 Å². The fourth-order valence-electron chi connectivity index (χ4n) is 9.35. The van der Waals surface area contributed by atoms with E-state index in [1.807, 2.05) is 41.1 Å². The topological polar surface area (TPSA) is 179 Å². The predicted octanol–water partition coefficient (Wildman–Crippen LogP) is 2.20. The van der Waals surface area contributed by atoms with Crippen molar-refractivity contribution in [1.82, 2.24) is 25.3 Å². The zero-order chi connectivity index (χ0) is 45.6. The Kier molecular flexibility index (Phi) is 16.1. The molecule has 0 spiro atoms. The molecule has 5 saturated heterocycles. The second kappa shape index (κ2) is 21.9. The zero-order valence-corrected chi connectivity index (χ0v) is 39.5. The number of amides is 4. The van der Waals surface area contributed by atoms with Gasteiger partial charge in [-0.1, -0.05) is 6.07 Å². The number of phenolic OH excluding ortho intramolecular Hbond substituents is 1. The number of para-hydroxylation sites is 2. The predicted molar refractivity (Wildman–Crippen MR) is 240 cm³/mol. The minimum atomic E-state index is -0.753. The number of piperidine rings is 3. The molecule has 346 valence electrons. The van der Waals surface area contributed by atoms with Crippen LogP contribution in [0.4, 0.5) is 36.5 Å². The summed E-state index contributed by atoms with van der Waals surface area (Å²) in [6.07, 6.45) is 4.54. The number of hydrogen-bond donors (Lipinski definition) is 3. The molecule has 5 aliphatic heterocycles. The van der Waals surface area contributed by atoms with Gasteiger partial charge >= 0.3 is 35.6 Å². The molecule has 4 N–H and O–H groups in total. The number of imide groups is 1. The van der Waals surface area contributed by atoms with Gasteiger partial charge in [0.15, 0.2) is 17.4 Å². The van der Waals surface area contributed by atoms with Crippen LogP contribution in [-0.4, -0.2) is 133 Å². The smallest absolute Gasteiger partial charge is 0.549 e. The number of urea groups is 1. The van der Waals surface area contributed by atoms with Crippen molar-refractivity contribution < 1.29 is 72.0 Å². The summed E-state index contributed by atoms with van der Waals surface area (Å²) in [4.78, 5) is 44.6. The number of carbonyl (C=O) groups is 3. The van der Waals surface area contributed by atoms with Crippen LogP contribution in [0.15, 0.2) is 60.7 Å². The minimum absolute atomic E-state index is 0. The number of aromatic nitrogens is 2. The van der Waals surface area contributed by atoms with Crippen LogP contribution in [0.5, 0.6) is 17.2 Å². The number of aromatic hydroxyl groups is 1. The van der Waals surface area contributed by atoms with E-state index in [1.54, 1.807) is 12.1 Å². The van der Waals surface area contributed by atoms with Gasteiger partial charge < -0.3 is 56.5 Å². The van der Waals surface area contributed by atoms with Crippen molar-refractivity contribution in [2.75, 3.05) is 86.6 Å². The maximum Gasteiger partial charge on any atom is 1.00 e. The maximum atomic E-state index is 15.3. The number of nitrogen functional groups attached to an aromatic ring is 1. The molecular formula is C47H55F2N9NaO7-. The van der Waals surface area contributed by atoms with Crippen molar-refractivity contribution in [2.45, 2.75) is 69.2 Å². The van der Waals surface area contributed by atoms with Crippen LogP contribution in [0, 0.1) is 24.6 Å². The molecule has 1 aromatic heterocycles. The second-order valence-electron chi connectivity index (χ2n) is 16.9. The molecule has 19 heteroatoms. The Bertz CT molecular complexity index is 2320. The van der Waals surface area contributed by atoms with Crippen molar-refractivity contribution in [3.05, 3.63) is 85.3 Å². The first-order valence-electron chi connectivity index (χ1n) is 22.2. The van der Waals surface area contributed by atoms with Gasteiger partial charge in [0.1, 0.15) is 17.7 Å². The number of phenols is 1. The van der Waals surface area contributed by atoms with Crippen molar-refractivity contribution in [2.24, 2.45) is 0 Å². The number of ether oxygens (including phenoxy) is 3. The number of carbonyl (C=O) groups excluding carboxylic acids is 3. The van der Waals surface area contributed by atoms with Crippen LogP contribution in [0.3, 0.4) is 0 Å². The van der Waals surface area contributed by atoms with Crippen LogP contribution in [0.25, 0.3) is 11.3 Å². The van der Waals surface area contributed by atoms with Gasteiger partial charge in [0.25, 0.3) is 0 Å². The summed E-state index contributed by atoms with van der Waals surface area (Å²) >= 11 is 0. The zero-order valence-electron chi connectivity index (χ0n) is 37.5. The van der Waals surface area contributed by atoms with Crippen molar-refractivity contribution >= 4 is 40.7 Å². The number of nitrogens with two attached hydrogens (primary N) is 1. The van der Waals surface area contributed by atoms with E-state index < -0.39 is 17.4 Å². The molecule has 66 heavy (non-hydrogen) atoms. The van der Waals surface area contributed by atoms with Crippen molar-refractivity contribution in [3.63, 3.8) is 0 Å². The molecule has 4 amide bonds. The van der Waals surface area contributed by atoms with Crippen LogP contribution in [-0.2, 0) is 14.3 Å². The molecule has 2 unspecified atom stereocenters. The first-order chi connectivity index (χ1) is 31.4. The van der Waals surface area contributed by atoms with Crippen molar-refractivity contribution in [1.29, 1.82) is 0 Å². The summed E-state index contributed by atoms with van der Waals surface area (Å²) < 4.78 is 47.5. The Hall–Kier alpha value is -5.43. The third-order valence-corrected chi connectivity index (χ3v) is 12.6. The summed E-state index contributed by atoms with van der Waals surface area (Å²) in [5.41, 5.74) is 9.13. The Morgan fingerprint density at radius 3 is 2.33 bits per heavy atom. The normalized spacial score (nSPS) is 20.1. The number of likely N-dealkylation sites (tertiary alicyclic amines) is 1. The van der Waals surface area contributed by atoms with Gasteiger partial charge in [-0.15, -0.1) is 22.3 Å². The van der Waals surface area contributed by atoms with E-state index in [9.17, 15) is 23.9 Å². The SMILES string of the molecule is O=C1CCCC(=O)N1.[CH2-]COc1[c-]cccc1N1CCC(N(C)C(=O)N2CCC(Oc3cc(F)cc(N4C5COCC4CN(c4cc(-c6cccc(F)c6O)nnc4N)C5)c3)CC2)CC1.[Na+]. The van der Waals surface area contributed by atoms with Crippen LogP contribution < -0.4 is 64.8 Å². The van der Waals surface area contributed by atoms with Crippen molar-refractivity contribution in [3.8, 4) is 28.5 Å². The molecule has 2 atom stereocenters. The number of morpholine rings is 1. The van der Waals surface area contributed by atoms with E-state index in [1.165, 1.54) is 24.3 Å². The summed E-state index contributed by atoms with van der Waals surface area (Å²) in [5.74, 6) is -0.571. The number of piperazine rings is 1. The average Bonchev–Trinajstić information content (AvgIpc) is 3.30. The molecular weight excluding hydrogens is 864 g/mol. The summed E-state index contributed by atoms with van der Waals surface area (Å²) in [6, 6.07) is 19.6. The molecule has 5 fully saturated rings. The molecule has 16 nitrogen and oxygen atoms in total. The molecule has 0 saturated carbocycles. The number of benzene rings is 3. The molecule has 5 aliphatic rings. The standard InChI is InChI=1S/C42H48F2N8O5.C5H7NO2.Na/c1-3-56-39-10-5-4-9-37(39)49-15-11-28(12-16-49)48(2)42(54)50-17-13-32(14-18-50)57-33-20-27(43)19-29(21-33)52-30-23-51(24-31(52)26-55-25-30)38-22-36(46-47-41(38)45)34-7-6-8-35(44)40(34)53;7-4-2-1-3-5(8)6-4;/h4-9,19-22,28,30-32,53H,1,3,11-18,23-26H2,2H3,(H2,45,47);1-3H2,(H,6,7,8);/q-2;;+1. The number of anilines is 4. The van der Waals surface area contributed by atoms with Gasteiger partial charge in [0.05, 0.1) is 36.7 Å². The number of fused-ring (bicyclic) bond motifs is 2. The Balaban J connectivity index is 0.000000652. The van der Waals surface area contributed by atoms with Gasteiger partial charge in [0, 0.05) is 107 Å². The third kappa shape index (κ3) is 11.2. The first kappa shape index (κ1) is 48.5. The number of nitrogens with one attached hydrogen (secondary N) is 1. The first-order valence-corrected chi connectivity index (χ1v) is 22.2. The van der Waals surface area contributed by atoms with E-state index in [0.29, 0.717) is 107 Å². The monoisotopic (exact) mass is 918 g/mol. The number of hydrogen-bond acceptors (Lipinski definition) is 13. The van der Waals surface area contributed by atoms with Gasteiger partial charge in [-0.25, -0.2) is 13.6 Å². The van der Waals surface area contributed by atoms with Gasteiger partial charge in [0.2, 0.25) is 11.8 Å². The molecule has 9 rings (SSSR count). The van der Waals surface area contributed by atoms with Gasteiger partial charge in [-0.05, 0) is 55.8 Å². The molecule has 6 heterocycles. The Labute approximate surface area is 405 Å². The minimum Gasteiger partial charge on any atom is -0.549 e. The summed E-state index contributed by atoms with van der Waals surface area (Å²) in [5, 5.41) is 20.8. The van der Waals surface area contributed by atoms with E-state index in [0.717, 1.165) is 31.6 Å². The molecule has 3 aromatic carbocycles. The average molecular weight is 919 g/mol. The Morgan fingerprint density at radius 1 is 0.955 bits per heavy atom. The van der Waals surface area contributed by atoms with Gasteiger partial charge in [-0.3, -0.25) is 14.9 Å². The van der Waals surface area contributed by atoms with Crippen LogP contribution >= 0.6 is 0 Å². The van der Waals surface area contributed by atoms with Crippen LogP contribution in [0.2, 0.25) is 0 Å². The molecule has 2 bridgehead atoms. The number of nitrogens with zero attached hydrogens (tertiary/aromatic N) is 7. The number of halogens is 2. The summed E-state index contributed by atoms with van der Waals surface area (Å²) in [6.45, 7) is 8.66. The number of rotatable bonds is 9. The van der Waals surface area contributed by atoms with E-state index in [2.05, 4.69) is 43.2 Å². The quantitative estimate of drug-likeness (QED) is 0.127. The van der Waals surface area contributed by atoms with E-state index in [4.69, 9.17) is 19.9 Å². The largest absolute Gasteiger partial charge is 1.00 e. The van der Waals surface area contributed by atoms with E-state index >= 15 is 4.39 Å². The molecule has 0 radical (unpaired) electrons. The molecule has 0 aliphatic carbocycles. The molecule has 4 aromatic rings. The Morgan fingerprint density at radius 2 is 1.67 bits per heavy atom.